The van der Waals surface area contributed by atoms with Gasteiger partial charge in [0.25, 0.3) is 0 Å². The third-order valence-corrected chi connectivity index (χ3v) is 5.75. The van der Waals surface area contributed by atoms with Crippen LogP contribution in [0.4, 0.5) is 0 Å². The molecule has 7 heteroatoms. The van der Waals surface area contributed by atoms with Gasteiger partial charge < -0.3 is 9.84 Å². The van der Waals surface area contributed by atoms with Crippen LogP contribution < -0.4 is 5.32 Å². The van der Waals surface area contributed by atoms with Crippen LogP contribution in [0.1, 0.15) is 49.7 Å². The molecule has 1 aromatic heterocycles. The first kappa shape index (κ1) is 13.1. The Morgan fingerprint density at radius 3 is 2.74 bits per heavy atom. The Hall–Kier alpha value is -0.950. The van der Waals surface area contributed by atoms with Crippen molar-refractivity contribution in [1.29, 1.82) is 0 Å². The maximum Gasteiger partial charge on any atom is 0.240 e. The highest BCUT2D eigenvalue weighted by atomic mass is 32.2. The molecule has 0 bridgehead atoms. The van der Waals surface area contributed by atoms with Gasteiger partial charge in [0.1, 0.15) is 0 Å². The van der Waals surface area contributed by atoms with Crippen LogP contribution in [0, 0.1) is 0 Å². The maximum atomic E-state index is 11.3. The summed E-state index contributed by atoms with van der Waals surface area (Å²) < 4.78 is 27.9. The van der Waals surface area contributed by atoms with E-state index in [4.69, 9.17) is 4.52 Å². The molecule has 1 saturated heterocycles. The van der Waals surface area contributed by atoms with Crippen LogP contribution in [0.25, 0.3) is 0 Å². The van der Waals surface area contributed by atoms with E-state index in [-0.39, 0.29) is 17.5 Å². The highest BCUT2D eigenvalue weighted by Crippen LogP contribution is 2.32. The summed E-state index contributed by atoms with van der Waals surface area (Å²) in [6.45, 7) is 0.458. The SMILES string of the molecule is O=S1(=O)CCC(NCc2nc(C3CCCC3)no2)C1. The molecule has 0 aromatic carbocycles. The fourth-order valence-corrected chi connectivity index (χ4v) is 4.59. The Bertz CT molecular complexity index is 534. The van der Waals surface area contributed by atoms with E-state index < -0.39 is 9.84 Å². The maximum absolute atomic E-state index is 11.3. The summed E-state index contributed by atoms with van der Waals surface area (Å²) >= 11 is 0. The topological polar surface area (TPSA) is 85.1 Å². The largest absolute Gasteiger partial charge is 0.338 e. The van der Waals surface area contributed by atoms with Crippen molar-refractivity contribution >= 4 is 9.84 Å². The number of nitrogens with zero attached hydrogens (tertiary/aromatic N) is 2. The summed E-state index contributed by atoms with van der Waals surface area (Å²) in [4.78, 5) is 4.40. The van der Waals surface area contributed by atoms with E-state index in [1.54, 1.807) is 0 Å². The second-order valence-electron chi connectivity index (χ2n) is 5.51. The number of hydrogen-bond acceptors (Lipinski definition) is 6. The second-order valence-corrected chi connectivity index (χ2v) is 7.74. The van der Waals surface area contributed by atoms with E-state index in [0.29, 0.717) is 24.8 Å². The molecule has 1 N–H and O–H groups in total. The molecule has 1 atom stereocenters. The lowest BCUT2D eigenvalue weighted by molar-refractivity contribution is 0.353. The lowest BCUT2D eigenvalue weighted by Gasteiger charge is -2.07. The van der Waals surface area contributed by atoms with Gasteiger partial charge in [-0.05, 0) is 19.3 Å². The van der Waals surface area contributed by atoms with Gasteiger partial charge in [0.05, 0.1) is 18.1 Å². The average molecular weight is 285 g/mol. The number of nitrogens with one attached hydrogen (secondary N) is 1. The van der Waals surface area contributed by atoms with Crippen molar-refractivity contribution in [2.24, 2.45) is 0 Å². The van der Waals surface area contributed by atoms with Crippen LogP contribution in [0.3, 0.4) is 0 Å². The van der Waals surface area contributed by atoms with Crippen LogP contribution in [0.2, 0.25) is 0 Å². The molecule has 1 aliphatic carbocycles. The quantitative estimate of drug-likeness (QED) is 0.888. The van der Waals surface area contributed by atoms with Crippen molar-refractivity contribution in [3.05, 3.63) is 11.7 Å². The lowest BCUT2D eigenvalue weighted by Crippen LogP contribution is -2.29. The smallest absolute Gasteiger partial charge is 0.240 e. The summed E-state index contributed by atoms with van der Waals surface area (Å²) in [6.07, 6.45) is 5.45. The van der Waals surface area contributed by atoms with Crippen molar-refractivity contribution < 1.29 is 12.9 Å². The van der Waals surface area contributed by atoms with Gasteiger partial charge in [0.2, 0.25) is 5.89 Å². The van der Waals surface area contributed by atoms with Gasteiger partial charge in [0, 0.05) is 12.0 Å². The van der Waals surface area contributed by atoms with Crippen LogP contribution >= 0.6 is 0 Å². The minimum atomic E-state index is -2.84. The van der Waals surface area contributed by atoms with Crippen LogP contribution in [0.5, 0.6) is 0 Å². The molecule has 2 aliphatic rings. The Morgan fingerprint density at radius 2 is 2.05 bits per heavy atom. The minimum Gasteiger partial charge on any atom is -0.338 e. The Balaban J connectivity index is 1.53. The number of rotatable bonds is 4. The zero-order valence-corrected chi connectivity index (χ0v) is 11.7. The average Bonchev–Trinajstić information content (AvgIpc) is 3.04. The van der Waals surface area contributed by atoms with Gasteiger partial charge in [0.15, 0.2) is 15.7 Å². The molecule has 0 spiro atoms. The molecule has 1 saturated carbocycles. The molecule has 1 aliphatic heterocycles. The lowest BCUT2D eigenvalue weighted by atomic mass is 10.1. The van der Waals surface area contributed by atoms with Gasteiger partial charge in [-0.2, -0.15) is 4.98 Å². The van der Waals surface area contributed by atoms with Gasteiger partial charge >= 0.3 is 0 Å². The summed E-state index contributed by atoms with van der Waals surface area (Å²) in [5.74, 6) is 2.32. The first-order chi connectivity index (χ1) is 9.12. The molecular formula is C12H19N3O3S. The van der Waals surface area contributed by atoms with Crippen LogP contribution in [0.15, 0.2) is 4.52 Å². The summed E-state index contributed by atoms with van der Waals surface area (Å²) in [5.41, 5.74) is 0. The predicted octanol–water partition coefficient (Wildman–Crippen LogP) is 1.00. The van der Waals surface area contributed by atoms with Crippen molar-refractivity contribution in [3.63, 3.8) is 0 Å². The van der Waals surface area contributed by atoms with E-state index in [2.05, 4.69) is 15.5 Å². The van der Waals surface area contributed by atoms with Crippen LogP contribution in [-0.2, 0) is 16.4 Å². The zero-order chi connectivity index (χ0) is 13.3. The minimum absolute atomic E-state index is 0.0202. The monoisotopic (exact) mass is 285 g/mol. The highest BCUT2D eigenvalue weighted by molar-refractivity contribution is 7.91. The third-order valence-electron chi connectivity index (χ3n) is 3.98. The van der Waals surface area contributed by atoms with E-state index in [9.17, 15) is 8.42 Å². The third kappa shape index (κ3) is 3.14. The van der Waals surface area contributed by atoms with Crippen molar-refractivity contribution in [3.8, 4) is 0 Å². The predicted molar refractivity (Wildman–Crippen MR) is 69.4 cm³/mol. The molecule has 0 amide bonds. The number of hydrogen-bond donors (Lipinski definition) is 1. The van der Waals surface area contributed by atoms with E-state index in [1.165, 1.54) is 12.8 Å². The van der Waals surface area contributed by atoms with Gasteiger partial charge in [-0.25, -0.2) is 8.42 Å². The summed E-state index contributed by atoms with van der Waals surface area (Å²) in [7, 11) is -2.84. The highest BCUT2D eigenvalue weighted by Gasteiger charge is 2.28. The molecule has 6 nitrogen and oxygen atoms in total. The fourth-order valence-electron chi connectivity index (χ4n) is 2.88. The zero-order valence-electron chi connectivity index (χ0n) is 10.8. The molecule has 1 unspecified atom stereocenters. The van der Waals surface area contributed by atoms with E-state index >= 15 is 0 Å². The van der Waals surface area contributed by atoms with Gasteiger partial charge in [-0.15, -0.1) is 0 Å². The standard InChI is InChI=1S/C12H19N3O3S/c16-19(17)6-5-10(8-19)13-7-11-14-12(15-18-11)9-3-1-2-4-9/h9-10,13H,1-8H2. The number of sulfone groups is 1. The first-order valence-electron chi connectivity index (χ1n) is 6.89. The van der Waals surface area contributed by atoms with Gasteiger partial charge in [-0.3, -0.25) is 0 Å². The van der Waals surface area contributed by atoms with Crippen LogP contribution in [-0.4, -0.2) is 36.1 Å². The Morgan fingerprint density at radius 1 is 1.26 bits per heavy atom. The molecule has 2 fully saturated rings. The molecule has 1 aromatic rings. The Labute approximate surface area is 112 Å². The summed E-state index contributed by atoms with van der Waals surface area (Å²) in [6, 6.07) is 0.0202. The molecular weight excluding hydrogens is 266 g/mol. The van der Waals surface area contributed by atoms with E-state index in [1.807, 2.05) is 0 Å². The molecule has 0 radical (unpaired) electrons. The van der Waals surface area contributed by atoms with Crippen molar-refractivity contribution in [2.75, 3.05) is 11.5 Å². The first-order valence-corrected chi connectivity index (χ1v) is 8.71. The second kappa shape index (κ2) is 5.20. The number of aromatic nitrogens is 2. The van der Waals surface area contributed by atoms with Gasteiger partial charge in [-0.1, -0.05) is 18.0 Å². The summed E-state index contributed by atoms with van der Waals surface area (Å²) in [5, 5.41) is 7.21. The van der Waals surface area contributed by atoms with E-state index in [0.717, 1.165) is 18.7 Å². The van der Waals surface area contributed by atoms with Crippen molar-refractivity contribution in [2.45, 2.75) is 50.6 Å². The molecule has 3 rings (SSSR count). The molecule has 106 valence electrons. The molecule has 19 heavy (non-hydrogen) atoms. The van der Waals surface area contributed by atoms with Crippen molar-refractivity contribution in [1.82, 2.24) is 15.5 Å². The fraction of sp³-hybridized carbons (Fsp3) is 0.833. The normalized spacial score (nSPS) is 27.1. The Kier molecular flexibility index (Phi) is 3.58. The molecule has 2 heterocycles.